The number of hydrogen-bond donors (Lipinski definition) is 0. The van der Waals surface area contributed by atoms with Crippen molar-refractivity contribution in [3.05, 3.63) is 35.0 Å². The summed E-state index contributed by atoms with van der Waals surface area (Å²) in [5, 5.41) is 0.373. The van der Waals surface area contributed by atoms with Crippen LogP contribution in [0.4, 0.5) is 0 Å². The van der Waals surface area contributed by atoms with Gasteiger partial charge >= 0.3 is 0 Å². The third-order valence-corrected chi connectivity index (χ3v) is 2.53. The number of imidazole rings is 1. The van der Waals surface area contributed by atoms with Gasteiger partial charge in [-0.1, -0.05) is 11.6 Å². The maximum absolute atomic E-state index is 10.6. The number of carbonyl (C=O) groups is 1. The van der Waals surface area contributed by atoms with E-state index in [1.807, 2.05) is 0 Å². The first-order valence-electron chi connectivity index (χ1n) is 4.61. The molecule has 3 rings (SSSR count). The highest BCUT2D eigenvalue weighted by atomic mass is 35.5. The van der Waals surface area contributed by atoms with Gasteiger partial charge in [-0.05, 0) is 12.1 Å². The number of aromatic nitrogens is 3. The minimum absolute atomic E-state index is 0.286. The third kappa shape index (κ3) is 1.29. The molecule has 3 heterocycles. The molecule has 0 N–H and O–H groups in total. The minimum atomic E-state index is 0.286. The van der Waals surface area contributed by atoms with Crippen LogP contribution in [0.1, 0.15) is 16.3 Å². The van der Waals surface area contributed by atoms with Crippen molar-refractivity contribution in [2.45, 2.75) is 6.61 Å². The van der Waals surface area contributed by atoms with Crippen molar-refractivity contribution in [1.82, 2.24) is 14.5 Å². The molecule has 2 aromatic heterocycles. The van der Waals surface area contributed by atoms with Gasteiger partial charge in [-0.3, -0.25) is 9.36 Å². The number of nitrogens with zero attached hydrogens (tertiary/aromatic N) is 3. The molecule has 80 valence electrons. The van der Waals surface area contributed by atoms with Crippen molar-refractivity contribution in [2.75, 3.05) is 0 Å². The highest BCUT2D eigenvalue weighted by molar-refractivity contribution is 6.29. The van der Waals surface area contributed by atoms with Gasteiger partial charge in [0, 0.05) is 6.20 Å². The van der Waals surface area contributed by atoms with E-state index in [-0.39, 0.29) is 6.61 Å². The zero-order valence-electron chi connectivity index (χ0n) is 8.05. The highest BCUT2D eigenvalue weighted by Gasteiger charge is 2.20. The Morgan fingerprint density at radius 3 is 3.12 bits per heavy atom. The van der Waals surface area contributed by atoms with Crippen LogP contribution in [0, 0.1) is 0 Å². The van der Waals surface area contributed by atoms with Gasteiger partial charge in [0.1, 0.15) is 23.1 Å². The molecule has 0 fully saturated rings. The summed E-state index contributed by atoms with van der Waals surface area (Å²) in [5.41, 5.74) is 1.12. The number of hydrogen-bond acceptors (Lipinski definition) is 4. The average Bonchev–Trinajstić information content (AvgIpc) is 2.71. The van der Waals surface area contributed by atoms with E-state index in [4.69, 9.17) is 16.3 Å². The Labute approximate surface area is 95.6 Å². The van der Waals surface area contributed by atoms with Crippen LogP contribution in [0.15, 0.2) is 18.3 Å². The number of rotatable bonds is 1. The SMILES string of the molecule is O=Cc1cn2c(n1)COc1nc(Cl)ccc1-2. The Morgan fingerprint density at radius 2 is 2.31 bits per heavy atom. The van der Waals surface area contributed by atoms with Crippen molar-refractivity contribution in [3.8, 4) is 11.6 Å². The van der Waals surface area contributed by atoms with Gasteiger partial charge in [-0.2, -0.15) is 4.98 Å². The molecule has 0 saturated heterocycles. The molecule has 16 heavy (non-hydrogen) atoms. The van der Waals surface area contributed by atoms with Crippen LogP contribution in [0.5, 0.6) is 5.88 Å². The van der Waals surface area contributed by atoms with Crippen LogP contribution in [-0.4, -0.2) is 20.8 Å². The number of carbonyl (C=O) groups excluding carboxylic acids is 1. The fourth-order valence-corrected chi connectivity index (χ4v) is 1.78. The van der Waals surface area contributed by atoms with E-state index in [9.17, 15) is 4.79 Å². The molecule has 0 spiro atoms. The standard InChI is InChI=1S/C10H6ClN3O2/c11-8-2-1-7-10(13-8)16-5-9-12-6(4-15)3-14(7)9/h1-4H,5H2. The van der Waals surface area contributed by atoms with Crippen LogP contribution >= 0.6 is 11.6 Å². The zero-order valence-corrected chi connectivity index (χ0v) is 8.81. The molecule has 1 aliphatic heterocycles. The van der Waals surface area contributed by atoms with E-state index in [1.165, 1.54) is 0 Å². The Balaban J connectivity index is 2.22. The van der Waals surface area contributed by atoms with Crippen LogP contribution in [0.2, 0.25) is 5.15 Å². The van der Waals surface area contributed by atoms with Gasteiger partial charge < -0.3 is 4.74 Å². The summed E-state index contributed by atoms with van der Waals surface area (Å²) in [6.07, 6.45) is 2.35. The molecule has 0 bridgehead atoms. The van der Waals surface area contributed by atoms with E-state index in [0.29, 0.717) is 28.8 Å². The summed E-state index contributed by atoms with van der Waals surface area (Å²) in [6.45, 7) is 0.286. The van der Waals surface area contributed by atoms with Crippen LogP contribution in [-0.2, 0) is 6.61 Å². The summed E-state index contributed by atoms with van der Waals surface area (Å²) >= 11 is 5.76. The van der Waals surface area contributed by atoms with Gasteiger partial charge in [0.2, 0.25) is 5.88 Å². The largest absolute Gasteiger partial charge is 0.468 e. The maximum Gasteiger partial charge on any atom is 0.240 e. The molecule has 0 radical (unpaired) electrons. The molecule has 0 amide bonds. The maximum atomic E-state index is 10.6. The van der Waals surface area contributed by atoms with Crippen molar-refractivity contribution in [2.24, 2.45) is 0 Å². The molecular formula is C10H6ClN3O2. The predicted octanol–water partition coefficient (Wildman–Crippen LogP) is 1.63. The molecule has 0 unspecified atom stereocenters. The number of aldehydes is 1. The van der Waals surface area contributed by atoms with Gasteiger partial charge in [0.15, 0.2) is 12.1 Å². The first kappa shape index (κ1) is 9.35. The first-order chi connectivity index (χ1) is 7.78. The third-order valence-electron chi connectivity index (χ3n) is 2.32. The molecule has 0 aromatic carbocycles. The average molecular weight is 236 g/mol. The molecular weight excluding hydrogens is 230 g/mol. The lowest BCUT2D eigenvalue weighted by Crippen LogP contribution is -2.13. The van der Waals surface area contributed by atoms with Crippen molar-refractivity contribution in [1.29, 1.82) is 0 Å². The molecule has 0 saturated carbocycles. The molecule has 0 atom stereocenters. The summed E-state index contributed by atoms with van der Waals surface area (Å²) in [7, 11) is 0. The summed E-state index contributed by atoms with van der Waals surface area (Å²) in [4.78, 5) is 18.8. The second-order valence-corrected chi connectivity index (χ2v) is 3.70. The monoisotopic (exact) mass is 235 g/mol. The number of ether oxygens (including phenoxy) is 1. The number of fused-ring (bicyclic) bond motifs is 3. The lowest BCUT2D eigenvalue weighted by molar-refractivity contribution is 0.111. The van der Waals surface area contributed by atoms with E-state index >= 15 is 0 Å². The molecule has 2 aromatic rings. The summed E-state index contributed by atoms with van der Waals surface area (Å²) in [5.74, 6) is 1.13. The van der Waals surface area contributed by atoms with Crippen LogP contribution in [0.3, 0.4) is 0 Å². The summed E-state index contributed by atoms with van der Waals surface area (Å²) < 4.78 is 7.18. The van der Waals surface area contributed by atoms with E-state index in [2.05, 4.69) is 9.97 Å². The van der Waals surface area contributed by atoms with Gasteiger partial charge in [-0.15, -0.1) is 0 Å². The zero-order chi connectivity index (χ0) is 11.1. The van der Waals surface area contributed by atoms with Gasteiger partial charge in [0.25, 0.3) is 0 Å². The quantitative estimate of drug-likeness (QED) is 0.557. The molecule has 6 heteroatoms. The van der Waals surface area contributed by atoms with Crippen LogP contribution < -0.4 is 4.74 Å². The van der Waals surface area contributed by atoms with Crippen molar-refractivity contribution < 1.29 is 9.53 Å². The molecule has 1 aliphatic rings. The Morgan fingerprint density at radius 1 is 1.44 bits per heavy atom. The topological polar surface area (TPSA) is 57.0 Å². The normalized spacial score (nSPS) is 12.6. The lowest BCUT2D eigenvalue weighted by atomic mass is 10.3. The predicted molar refractivity (Wildman–Crippen MR) is 56.1 cm³/mol. The molecule has 0 aliphatic carbocycles. The van der Waals surface area contributed by atoms with Crippen molar-refractivity contribution in [3.63, 3.8) is 0 Å². The molecule has 5 nitrogen and oxygen atoms in total. The van der Waals surface area contributed by atoms with Gasteiger partial charge in [0.05, 0.1) is 0 Å². The Kier molecular flexibility index (Phi) is 1.94. The second-order valence-electron chi connectivity index (χ2n) is 3.32. The fourth-order valence-electron chi connectivity index (χ4n) is 1.64. The van der Waals surface area contributed by atoms with Gasteiger partial charge in [-0.25, -0.2) is 4.98 Å². The summed E-state index contributed by atoms with van der Waals surface area (Å²) in [6, 6.07) is 3.45. The first-order valence-corrected chi connectivity index (χ1v) is 4.99. The second kappa shape index (κ2) is 3.31. The van der Waals surface area contributed by atoms with E-state index < -0.39 is 0 Å². The fraction of sp³-hybridized carbons (Fsp3) is 0.100. The van der Waals surface area contributed by atoms with E-state index in [1.54, 1.807) is 22.9 Å². The number of pyridine rings is 1. The van der Waals surface area contributed by atoms with Crippen molar-refractivity contribution >= 4 is 17.9 Å². The minimum Gasteiger partial charge on any atom is -0.468 e. The highest BCUT2D eigenvalue weighted by Crippen LogP contribution is 2.28. The lowest BCUT2D eigenvalue weighted by Gasteiger charge is -2.17. The smallest absolute Gasteiger partial charge is 0.240 e. The van der Waals surface area contributed by atoms with Crippen LogP contribution in [0.25, 0.3) is 5.69 Å². The van der Waals surface area contributed by atoms with E-state index in [0.717, 1.165) is 5.69 Å². The Hall–Kier alpha value is -1.88. The number of halogens is 1. The Bertz CT molecular complexity index is 579.